The molecule has 106 valence electrons. The Hall–Kier alpha value is -1.91. The molecule has 2 amide bonds. The first-order valence-corrected chi connectivity index (χ1v) is 6.90. The van der Waals surface area contributed by atoms with Gasteiger partial charge in [-0.05, 0) is 37.0 Å². The van der Waals surface area contributed by atoms with Gasteiger partial charge in [-0.15, -0.1) is 0 Å². The lowest BCUT2D eigenvalue weighted by atomic mass is 10.0. The molecule has 4 nitrogen and oxygen atoms in total. The molecule has 1 atom stereocenters. The Balaban J connectivity index is 1.60. The molecule has 1 aliphatic carbocycles. The SMILES string of the molecule is O=C1CC(C(=O)NC2(Cc3ccc(F)cc3)CC2)CN1. The second-order valence-corrected chi connectivity index (χ2v) is 5.78. The molecule has 20 heavy (non-hydrogen) atoms. The van der Waals surface area contributed by atoms with Crippen LogP contribution in [0, 0.1) is 11.7 Å². The van der Waals surface area contributed by atoms with Gasteiger partial charge in [-0.2, -0.15) is 0 Å². The molecule has 0 aromatic heterocycles. The van der Waals surface area contributed by atoms with Gasteiger partial charge in [0, 0.05) is 18.5 Å². The zero-order chi connectivity index (χ0) is 14.2. The Morgan fingerprint density at radius 3 is 2.60 bits per heavy atom. The van der Waals surface area contributed by atoms with Crippen molar-refractivity contribution in [3.05, 3.63) is 35.6 Å². The van der Waals surface area contributed by atoms with Crippen LogP contribution in [-0.4, -0.2) is 23.9 Å². The van der Waals surface area contributed by atoms with Crippen LogP contribution in [0.3, 0.4) is 0 Å². The number of halogens is 1. The van der Waals surface area contributed by atoms with Crippen LogP contribution in [0.25, 0.3) is 0 Å². The lowest BCUT2D eigenvalue weighted by Crippen LogP contribution is -2.42. The Morgan fingerprint density at radius 2 is 2.05 bits per heavy atom. The number of carbonyl (C=O) groups is 2. The van der Waals surface area contributed by atoms with E-state index in [2.05, 4.69) is 10.6 Å². The van der Waals surface area contributed by atoms with E-state index in [-0.39, 0.29) is 35.5 Å². The van der Waals surface area contributed by atoms with Crippen molar-refractivity contribution in [3.8, 4) is 0 Å². The standard InChI is InChI=1S/C15H17FN2O2/c16-12-3-1-10(2-4-12)8-15(5-6-15)18-14(20)11-7-13(19)17-9-11/h1-4,11H,5-9H2,(H,17,19)(H,18,20). The second kappa shape index (κ2) is 4.89. The van der Waals surface area contributed by atoms with Crippen molar-refractivity contribution >= 4 is 11.8 Å². The minimum absolute atomic E-state index is 0.0528. The monoisotopic (exact) mass is 276 g/mol. The highest BCUT2D eigenvalue weighted by Crippen LogP contribution is 2.39. The minimum atomic E-state index is -0.256. The molecule has 1 aromatic carbocycles. The minimum Gasteiger partial charge on any atom is -0.355 e. The number of benzene rings is 1. The Labute approximate surface area is 116 Å². The first kappa shape index (κ1) is 13.1. The maximum atomic E-state index is 12.9. The van der Waals surface area contributed by atoms with Gasteiger partial charge < -0.3 is 10.6 Å². The summed E-state index contributed by atoms with van der Waals surface area (Å²) >= 11 is 0. The van der Waals surface area contributed by atoms with E-state index in [1.54, 1.807) is 12.1 Å². The van der Waals surface area contributed by atoms with Gasteiger partial charge >= 0.3 is 0 Å². The molecule has 1 aromatic rings. The van der Waals surface area contributed by atoms with Crippen molar-refractivity contribution in [1.29, 1.82) is 0 Å². The van der Waals surface area contributed by atoms with E-state index in [1.165, 1.54) is 12.1 Å². The van der Waals surface area contributed by atoms with Gasteiger partial charge in [0.05, 0.1) is 5.92 Å². The van der Waals surface area contributed by atoms with Crippen molar-refractivity contribution < 1.29 is 14.0 Å². The maximum absolute atomic E-state index is 12.9. The number of carbonyl (C=O) groups excluding carboxylic acids is 2. The topological polar surface area (TPSA) is 58.2 Å². The molecular weight excluding hydrogens is 259 g/mol. The van der Waals surface area contributed by atoms with Gasteiger partial charge in [0.25, 0.3) is 0 Å². The normalized spacial score (nSPS) is 23.2. The number of amides is 2. The Kier molecular flexibility index (Phi) is 3.20. The van der Waals surface area contributed by atoms with E-state index in [0.29, 0.717) is 13.0 Å². The van der Waals surface area contributed by atoms with E-state index < -0.39 is 0 Å². The molecular formula is C15H17FN2O2. The summed E-state index contributed by atoms with van der Waals surface area (Å²) in [6.07, 6.45) is 2.86. The van der Waals surface area contributed by atoms with E-state index in [4.69, 9.17) is 0 Å². The number of hydrogen-bond acceptors (Lipinski definition) is 2. The Bertz CT molecular complexity index is 537. The highest BCUT2D eigenvalue weighted by atomic mass is 19.1. The van der Waals surface area contributed by atoms with E-state index in [9.17, 15) is 14.0 Å². The fraction of sp³-hybridized carbons (Fsp3) is 0.467. The predicted octanol–water partition coefficient (Wildman–Crippen LogP) is 1.15. The molecule has 1 saturated heterocycles. The van der Waals surface area contributed by atoms with Gasteiger partial charge in [-0.25, -0.2) is 4.39 Å². The molecule has 1 aliphatic heterocycles. The molecule has 2 aliphatic rings. The summed E-state index contributed by atoms with van der Waals surface area (Å²) in [4.78, 5) is 23.3. The van der Waals surface area contributed by atoms with E-state index in [0.717, 1.165) is 18.4 Å². The number of hydrogen-bond donors (Lipinski definition) is 2. The smallest absolute Gasteiger partial charge is 0.225 e. The molecule has 3 rings (SSSR count). The number of nitrogens with one attached hydrogen (secondary N) is 2. The third-order valence-electron chi connectivity index (χ3n) is 4.05. The largest absolute Gasteiger partial charge is 0.355 e. The molecule has 2 N–H and O–H groups in total. The van der Waals surface area contributed by atoms with Crippen LogP contribution in [0.4, 0.5) is 4.39 Å². The molecule has 0 radical (unpaired) electrons. The zero-order valence-corrected chi connectivity index (χ0v) is 11.1. The number of rotatable bonds is 4. The average molecular weight is 276 g/mol. The molecule has 1 saturated carbocycles. The van der Waals surface area contributed by atoms with Gasteiger partial charge in [0.15, 0.2) is 0 Å². The second-order valence-electron chi connectivity index (χ2n) is 5.78. The summed E-state index contributed by atoms with van der Waals surface area (Å²) in [5.41, 5.74) is 0.824. The lowest BCUT2D eigenvalue weighted by molar-refractivity contribution is -0.127. The van der Waals surface area contributed by atoms with Crippen LogP contribution in [-0.2, 0) is 16.0 Å². The van der Waals surface area contributed by atoms with Crippen LogP contribution in [0.1, 0.15) is 24.8 Å². The average Bonchev–Trinajstić information content (AvgIpc) is 3.01. The van der Waals surface area contributed by atoms with Crippen molar-refractivity contribution in [3.63, 3.8) is 0 Å². The molecule has 5 heteroatoms. The van der Waals surface area contributed by atoms with Crippen LogP contribution in [0.5, 0.6) is 0 Å². The molecule has 1 unspecified atom stereocenters. The fourth-order valence-corrected chi connectivity index (χ4v) is 2.64. The predicted molar refractivity (Wildman–Crippen MR) is 71.3 cm³/mol. The highest BCUT2D eigenvalue weighted by Gasteiger charge is 2.45. The highest BCUT2D eigenvalue weighted by molar-refractivity contribution is 5.89. The van der Waals surface area contributed by atoms with Gasteiger partial charge in [-0.3, -0.25) is 9.59 Å². The molecule has 0 spiro atoms. The lowest BCUT2D eigenvalue weighted by Gasteiger charge is -2.19. The summed E-state index contributed by atoms with van der Waals surface area (Å²) in [5, 5.41) is 5.74. The van der Waals surface area contributed by atoms with E-state index in [1.807, 2.05) is 0 Å². The van der Waals surface area contributed by atoms with Gasteiger partial charge in [0.2, 0.25) is 11.8 Å². The molecule has 2 fully saturated rings. The van der Waals surface area contributed by atoms with Crippen molar-refractivity contribution in [2.24, 2.45) is 5.92 Å². The summed E-state index contributed by atoms with van der Waals surface area (Å²) in [6, 6.07) is 6.38. The van der Waals surface area contributed by atoms with Crippen molar-refractivity contribution in [2.45, 2.75) is 31.2 Å². The third-order valence-corrected chi connectivity index (χ3v) is 4.05. The fourth-order valence-electron chi connectivity index (χ4n) is 2.64. The molecule has 1 heterocycles. The van der Waals surface area contributed by atoms with E-state index >= 15 is 0 Å². The van der Waals surface area contributed by atoms with Crippen molar-refractivity contribution in [2.75, 3.05) is 6.54 Å². The summed E-state index contributed by atoms with van der Waals surface area (Å²) < 4.78 is 12.9. The first-order chi connectivity index (χ1) is 9.56. The van der Waals surface area contributed by atoms with Gasteiger partial charge in [0.1, 0.15) is 5.82 Å². The Morgan fingerprint density at radius 1 is 1.35 bits per heavy atom. The van der Waals surface area contributed by atoms with Crippen LogP contribution >= 0.6 is 0 Å². The molecule has 0 bridgehead atoms. The van der Waals surface area contributed by atoms with Crippen LogP contribution in [0.15, 0.2) is 24.3 Å². The van der Waals surface area contributed by atoms with Crippen LogP contribution in [0.2, 0.25) is 0 Å². The maximum Gasteiger partial charge on any atom is 0.225 e. The quantitative estimate of drug-likeness (QED) is 0.867. The van der Waals surface area contributed by atoms with Crippen molar-refractivity contribution in [1.82, 2.24) is 10.6 Å². The summed E-state index contributed by atoms with van der Waals surface area (Å²) in [6.45, 7) is 0.428. The van der Waals surface area contributed by atoms with Gasteiger partial charge in [-0.1, -0.05) is 12.1 Å². The third kappa shape index (κ3) is 2.81. The summed E-state index contributed by atoms with van der Waals surface area (Å²) in [7, 11) is 0. The first-order valence-electron chi connectivity index (χ1n) is 6.90. The van der Waals surface area contributed by atoms with Crippen LogP contribution < -0.4 is 10.6 Å². The summed E-state index contributed by atoms with van der Waals surface area (Å²) in [5.74, 6) is -0.622. The zero-order valence-electron chi connectivity index (χ0n) is 11.1.